The van der Waals surface area contributed by atoms with E-state index in [0.29, 0.717) is 0 Å². The number of hydrazine groups is 1. The largest absolute Gasteiger partial charge is 0.333 e. The summed E-state index contributed by atoms with van der Waals surface area (Å²) in [6.07, 6.45) is 7.92. The first-order chi connectivity index (χ1) is 16.3. The van der Waals surface area contributed by atoms with E-state index in [9.17, 15) is 0 Å². The number of anilines is 1. The van der Waals surface area contributed by atoms with Gasteiger partial charge < -0.3 is 4.98 Å². The van der Waals surface area contributed by atoms with Gasteiger partial charge in [0.05, 0.1) is 40.0 Å². The number of hydrogen-bond donors (Lipinski definition) is 2. The predicted octanol–water partition coefficient (Wildman–Crippen LogP) is 5.78. The number of imidazole rings is 1. The quantitative estimate of drug-likeness (QED) is 0.357. The number of nitrogens with one attached hydrogen (secondary N) is 2. The molecule has 6 rings (SSSR count). The number of fused-ring (bicyclic) bond motifs is 1. The van der Waals surface area contributed by atoms with E-state index in [1.165, 1.54) is 0 Å². The van der Waals surface area contributed by atoms with Crippen LogP contribution in [0.1, 0.15) is 5.69 Å². The summed E-state index contributed by atoms with van der Waals surface area (Å²) in [4.78, 5) is 9.16. The highest BCUT2D eigenvalue weighted by Gasteiger charge is 2.15. The average Bonchev–Trinajstić information content (AvgIpc) is 3.52. The molecule has 7 heteroatoms. The molecule has 0 saturated heterocycles. The van der Waals surface area contributed by atoms with Crippen LogP contribution >= 0.6 is 11.8 Å². The van der Waals surface area contributed by atoms with Crippen molar-refractivity contribution in [3.8, 4) is 5.69 Å². The first-order valence-electron chi connectivity index (χ1n) is 10.6. The van der Waals surface area contributed by atoms with Crippen LogP contribution in [-0.2, 0) is 0 Å². The number of allylic oxidation sites excluding steroid dienone is 2. The molecule has 1 aliphatic heterocycles. The zero-order valence-electron chi connectivity index (χ0n) is 17.6. The number of aromatic amines is 1. The SMILES string of the molecule is C1=CN(c2cccc(Sc3nc4ccccc4[nH]3)c2)NC(c2ccnn2-c2ccccc2)=C1. The first kappa shape index (κ1) is 19.5. The van der Waals surface area contributed by atoms with Crippen LogP contribution in [0.15, 0.2) is 120 Å². The van der Waals surface area contributed by atoms with E-state index in [0.717, 1.165) is 43.9 Å². The van der Waals surface area contributed by atoms with Crippen molar-refractivity contribution in [3.05, 3.63) is 115 Å². The summed E-state index contributed by atoms with van der Waals surface area (Å²) in [6.45, 7) is 0. The second-order valence-electron chi connectivity index (χ2n) is 7.53. The maximum Gasteiger partial charge on any atom is 0.171 e. The summed E-state index contributed by atoms with van der Waals surface area (Å²) >= 11 is 1.62. The summed E-state index contributed by atoms with van der Waals surface area (Å²) in [5, 5.41) is 7.41. The van der Waals surface area contributed by atoms with Gasteiger partial charge in [-0.05, 0) is 60.7 Å². The molecule has 0 aliphatic carbocycles. The minimum atomic E-state index is 0.878. The third-order valence-electron chi connectivity index (χ3n) is 5.34. The molecule has 0 fully saturated rings. The molecule has 0 radical (unpaired) electrons. The third kappa shape index (κ3) is 3.90. The topological polar surface area (TPSA) is 61.8 Å². The molecular weight excluding hydrogens is 428 g/mol. The molecule has 2 aromatic heterocycles. The highest BCUT2D eigenvalue weighted by atomic mass is 32.2. The van der Waals surface area contributed by atoms with Crippen molar-refractivity contribution in [2.75, 3.05) is 5.01 Å². The fourth-order valence-corrected chi connectivity index (χ4v) is 4.65. The minimum absolute atomic E-state index is 0.878. The third-order valence-corrected chi connectivity index (χ3v) is 6.21. The van der Waals surface area contributed by atoms with Crippen molar-refractivity contribution in [3.63, 3.8) is 0 Å². The van der Waals surface area contributed by atoms with Gasteiger partial charge in [0.25, 0.3) is 0 Å². The van der Waals surface area contributed by atoms with Crippen LogP contribution in [0.5, 0.6) is 0 Å². The number of para-hydroxylation sites is 3. The summed E-state index contributed by atoms with van der Waals surface area (Å²) in [5.41, 5.74) is 9.53. The van der Waals surface area contributed by atoms with Crippen molar-refractivity contribution in [2.24, 2.45) is 0 Å². The molecular formula is C26H20N6S. The normalized spacial score (nSPS) is 13.2. The van der Waals surface area contributed by atoms with E-state index >= 15 is 0 Å². The highest BCUT2D eigenvalue weighted by Crippen LogP contribution is 2.31. The molecule has 0 atom stereocenters. The standard InChI is InChI=1S/C26H20N6S/c1-2-8-19(9-3-1)32-25(15-16-27-32)24-14-7-17-31(30-24)20-10-6-11-21(18-20)33-26-28-22-12-4-5-13-23(22)29-26/h1-18,30H,(H,28,29). The van der Waals surface area contributed by atoms with Crippen molar-refractivity contribution < 1.29 is 0 Å². The van der Waals surface area contributed by atoms with Crippen LogP contribution in [0.4, 0.5) is 5.69 Å². The molecule has 0 bridgehead atoms. The number of aromatic nitrogens is 4. The van der Waals surface area contributed by atoms with Crippen molar-refractivity contribution >= 4 is 34.2 Å². The number of nitrogens with zero attached hydrogens (tertiary/aromatic N) is 4. The zero-order chi connectivity index (χ0) is 22.0. The van der Waals surface area contributed by atoms with E-state index in [1.54, 1.807) is 11.8 Å². The van der Waals surface area contributed by atoms with Crippen LogP contribution in [0.2, 0.25) is 0 Å². The van der Waals surface area contributed by atoms with Gasteiger partial charge in [0.2, 0.25) is 0 Å². The molecule has 33 heavy (non-hydrogen) atoms. The molecule has 160 valence electrons. The molecule has 1 aliphatic rings. The van der Waals surface area contributed by atoms with Gasteiger partial charge in [0.1, 0.15) is 0 Å². The summed E-state index contributed by atoms with van der Waals surface area (Å²) in [5.74, 6) is 0. The maximum atomic E-state index is 4.68. The Kier molecular flexibility index (Phi) is 4.93. The minimum Gasteiger partial charge on any atom is -0.333 e. The predicted molar refractivity (Wildman–Crippen MR) is 133 cm³/mol. The lowest BCUT2D eigenvalue weighted by molar-refractivity contribution is 0.827. The smallest absolute Gasteiger partial charge is 0.171 e. The Balaban J connectivity index is 1.24. The van der Waals surface area contributed by atoms with Crippen LogP contribution in [-0.4, -0.2) is 19.7 Å². The van der Waals surface area contributed by atoms with Crippen molar-refractivity contribution in [1.82, 2.24) is 25.2 Å². The second kappa shape index (κ2) is 8.37. The van der Waals surface area contributed by atoms with E-state index in [-0.39, 0.29) is 0 Å². The fourth-order valence-electron chi connectivity index (χ4n) is 3.79. The van der Waals surface area contributed by atoms with Crippen molar-refractivity contribution in [1.29, 1.82) is 0 Å². The van der Waals surface area contributed by atoms with Crippen LogP contribution in [0.25, 0.3) is 22.4 Å². The number of H-pyrrole nitrogens is 1. The lowest BCUT2D eigenvalue weighted by atomic mass is 10.2. The van der Waals surface area contributed by atoms with Crippen LogP contribution in [0, 0.1) is 0 Å². The molecule has 0 amide bonds. The van der Waals surface area contributed by atoms with Gasteiger partial charge in [0.15, 0.2) is 5.16 Å². The Labute approximate surface area is 195 Å². The second-order valence-corrected chi connectivity index (χ2v) is 8.59. The number of benzene rings is 3. The molecule has 3 aromatic carbocycles. The Morgan fingerprint density at radius 2 is 1.67 bits per heavy atom. The Bertz CT molecular complexity index is 1450. The van der Waals surface area contributed by atoms with Gasteiger partial charge in [-0.2, -0.15) is 5.10 Å². The summed E-state index contributed by atoms with van der Waals surface area (Å²) < 4.78 is 1.93. The number of rotatable bonds is 5. The zero-order valence-corrected chi connectivity index (χ0v) is 18.4. The van der Waals surface area contributed by atoms with Gasteiger partial charge in [-0.3, -0.25) is 10.4 Å². The molecule has 0 unspecified atom stereocenters. The summed E-state index contributed by atoms with van der Waals surface area (Å²) in [6, 6.07) is 28.6. The molecule has 0 saturated carbocycles. The fraction of sp³-hybridized carbons (Fsp3) is 0. The molecule has 5 aromatic rings. The van der Waals surface area contributed by atoms with E-state index in [2.05, 4.69) is 50.8 Å². The van der Waals surface area contributed by atoms with Crippen molar-refractivity contribution in [2.45, 2.75) is 10.1 Å². The molecule has 6 nitrogen and oxygen atoms in total. The molecule has 3 heterocycles. The number of hydrogen-bond acceptors (Lipinski definition) is 5. The lowest BCUT2D eigenvalue weighted by Gasteiger charge is -2.27. The van der Waals surface area contributed by atoms with Gasteiger partial charge in [-0.25, -0.2) is 9.67 Å². The van der Waals surface area contributed by atoms with Gasteiger partial charge >= 0.3 is 0 Å². The average molecular weight is 449 g/mol. The summed E-state index contributed by atoms with van der Waals surface area (Å²) in [7, 11) is 0. The Hall–Kier alpha value is -4.23. The van der Waals surface area contributed by atoms with Crippen LogP contribution in [0.3, 0.4) is 0 Å². The lowest BCUT2D eigenvalue weighted by Crippen LogP contribution is -2.34. The van der Waals surface area contributed by atoms with E-state index in [4.69, 9.17) is 0 Å². The molecule has 0 spiro atoms. The highest BCUT2D eigenvalue weighted by molar-refractivity contribution is 7.99. The van der Waals surface area contributed by atoms with Gasteiger partial charge in [-0.1, -0.05) is 48.2 Å². The maximum absolute atomic E-state index is 4.68. The van der Waals surface area contributed by atoms with E-state index < -0.39 is 0 Å². The van der Waals surface area contributed by atoms with E-state index in [1.807, 2.05) is 88.8 Å². The van der Waals surface area contributed by atoms with Gasteiger partial charge in [0, 0.05) is 11.1 Å². The monoisotopic (exact) mass is 448 g/mol. The Morgan fingerprint density at radius 1 is 0.818 bits per heavy atom. The van der Waals surface area contributed by atoms with Gasteiger partial charge in [-0.15, -0.1) is 0 Å². The Morgan fingerprint density at radius 3 is 2.58 bits per heavy atom. The first-order valence-corrected chi connectivity index (χ1v) is 11.4. The molecule has 2 N–H and O–H groups in total. The van der Waals surface area contributed by atoms with Crippen LogP contribution < -0.4 is 10.4 Å².